The van der Waals surface area contributed by atoms with Gasteiger partial charge in [-0.1, -0.05) is 23.9 Å². The van der Waals surface area contributed by atoms with Gasteiger partial charge >= 0.3 is 0 Å². The highest BCUT2D eigenvalue weighted by Gasteiger charge is 2.05. The van der Waals surface area contributed by atoms with E-state index in [4.69, 9.17) is 10.5 Å². The van der Waals surface area contributed by atoms with Crippen molar-refractivity contribution >= 4 is 23.5 Å². The molecular weight excluding hydrogens is 304 g/mol. The van der Waals surface area contributed by atoms with E-state index < -0.39 is 0 Å². The number of H-pyrrole nitrogens is 1. The number of nitrogens with two attached hydrogens (primary N) is 1. The fourth-order valence-corrected chi connectivity index (χ4v) is 2.36. The highest BCUT2D eigenvalue weighted by molar-refractivity contribution is 7.99. The fourth-order valence-electron chi connectivity index (χ4n) is 1.65. The summed E-state index contributed by atoms with van der Waals surface area (Å²) in [6.07, 6.45) is 0. The van der Waals surface area contributed by atoms with Crippen LogP contribution in [0, 0.1) is 0 Å². The number of hydrogen-bond acceptors (Lipinski definition) is 6. The number of carbonyl (C=O) groups excluding carboxylic acids is 1. The largest absolute Gasteiger partial charge is 0.497 e. The SMILES string of the molecule is COc1ccc(CNC(=O)CSc2nc(N)cc(=O)[nH]2)cc1. The molecule has 0 saturated carbocycles. The minimum absolute atomic E-state index is 0.130. The molecule has 0 fully saturated rings. The van der Waals surface area contributed by atoms with Gasteiger partial charge in [-0.25, -0.2) is 4.98 Å². The van der Waals surface area contributed by atoms with Gasteiger partial charge in [0.25, 0.3) is 5.56 Å². The zero-order valence-corrected chi connectivity index (χ0v) is 12.8. The molecule has 7 nitrogen and oxygen atoms in total. The average molecular weight is 320 g/mol. The lowest BCUT2D eigenvalue weighted by atomic mass is 10.2. The van der Waals surface area contributed by atoms with Crippen molar-refractivity contribution in [3.05, 3.63) is 46.2 Å². The quantitative estimate of drug-likeness (QED) is 0.535. The number of nitrogens with one attached hydrogen (secondary N) is 2. The third kappa shape index (κ3) is 4.81. The fraction of sp³-hybridized carbons (Fsp3) is 0.214. The Morgan fingerprint density at radius 2 is 2.14 bits per heavy atom. The van der Waals surface area contributed by atoms with Gasteiger partial charge in [0, 0.05) is 12.6 Å². The number of nitrogen functional groups attached to an aromatic ring is 1. The number of methoxy groups -OCH3 is 1. The van der Waals surface area contributed by atoms with Crippen LogP contribution >= 0.6 is 11.8 Å². The van der Waals surface area contributed by atoms with Crippen molar-refractivity contribution in [2.75, 3.05) is 18.6 Å². The highest BCUT2D eigenvalue weighted by atomic mass is 32.2. The molecule has 0 aliphatic rings. The van der Waals surface area contributed by atoms with Crippen LogP contribution in [0.15, 0.2) is 40.3 Å². The molecule has 1 aromatic carbocycles. The van der Waals surface area contributed by atoms with Gasteiger partial charge in [0.2, 0.25) is 5.91 Å². The van der Waals surface area contributed by atoms with E-state index in [-0.39, 0.29) is 23.0 Å². The summed E-state index contributed by atoms with van der Waals surface area (Å²) in [6.45, 7) is 0.421. The van der Waals surface area contributed by atoms with Crippen molar-refractivity contribution < 1.29 is 9.53 Å². The predicted molar refractivity (Wildman–Crippen MR) is 84.8 cm³/mol. The van der Waals surface area contributed by atoms with E-state index in [2.05, 4.69) is 15.3 Å². The molecule has 1 heterocycles. The van der Waals surface area contributed by atoms with Gasteiger partial charge in [0.1, 0.15) is 11.6 Å². The second-order valence-electron chi connectivity index (χ2n) is 4.39. The van der Waals surface area contributed by atoms with Crippen LogP contribution in [-0.4, -0.2) is 28.7 Å². The van der Waals surface area contributed by atoms with Crippen molar-refractivity contribution in [3.63, 3.8) is 0 Å². The number of amides is 1. The maximum Gasteiger partial charge on any atom is 0.253 e. The van der Waals surface area contributed by atoms with E-state index in [0.717, 1.165) is 23.1 Å². The Morgan fingerprint density at radius 1 is 1.41 bits per heavy atom. The molecule has 0 atom stereocenters. The molecule has 22 heavy (non-hydrogen) atoms. The van der Waals surface area contributed by atoms with Crippen LogP contribution in [0.5, 0.6) is 5.75 Å². The number of nitrogens with zero attached hydrogens (tertiary/aromatic N) is 1. The van der Waals surface area contributed by atoms with Gasteiger partial charge in [-0.05, 0) is 17.7 Å². The van der Waals surface area contributed by atoms with Crippen molar-refractivity contribution in [2.45, 2.75) is 11.7 Å². The van der Waals surface area contributed by atoms with Crippen LogP contribution in [0.2, 0.25) is 0 Å². The first kappa shape index (κ1) is 15.9. The molecule has 1 amide bonds. The number of aromatic amines is 1. The molecule has 1 aromatic heterocycles. The summed E-state index contributed by atoms with van der Waals surface area (Å²) in [5, 5.41) is 3.11. The summed E-state index contributed by atoms with van der Waals surface area (Å²) in [5.41, 5.74) is 6.10. The zero-order chi connectivity index (χ0) is 15.9. The molecule has 0 aliphatic carbocycles. The first-order valence-electron chi connectivity index (χ1n) is 6.46. The lowest BCUT2D eigenvalue weighted by Crippen LogP contribution is -2.24. The molecular formula is C14H16N4O3S. The number of rotatable bonds is 6. The Hall–Kier alpha value is -2.48. The maximum absolute atomic E-state index is 11.8. The van der Waals surface area contributed by atoms with Gasteiger partial charge in [-0.2, -0.15) is 0 Å². The van der Waals surface area contributed by atoms with E-state index >= 15 is 0 Å². The van der Waals surface area contributed by atoms with Crippen molar-refractivity contribution in [1.82, 2.24) is 15.3 Å². The Balaban J connectivity index is 1.81. The van der Waals surface area contributed by atoms with Crippen LogP contribution in [0.1, 0.15) is 5.56 Å². The summed E-state index contributed by atoms with van der Waals surface area (Å²) in [7, 11) is 1.60. The van der Waals surface area contributed by atoms with Gasteiger partial charge in [-0.3, -0.25) is 9.59 Å². The number of carbonyl (C=O) groups is 1. The summed E-state index contributed by atoms with van der Waals surface area (Å²) in [5.74, 6) is 0.876. The highest BCUT2D eigenvalue weighted by Crippen LogP contribution is 2.12. The lowest BCUT2D eigenvalue weighted by molar-refractivity contribution is -0.118. The average Bonchev–Trinajstić information content (AvgIpc) is 2.50. The molecule has 0 saturated heterocycles. The first-order valence-corrected chi connectivity index (χ1v) is 7.44. The monoisotopic (exact) mass is 320 g/mol. The molecule has 4 N–H and O–H groups in total. The number of thioether (sulfide) groups is 1. The Bertz CT molecular complexity index is 700. The van der Waals surface area contributed by atoms with E-state index in [0.29, 0.717) is 11.7 Å². The molecule has 0 radical (unpaired) electrons. The Labute approximate surface area is 131 Å². The third-order valence-corrected chi connectivity index (χ3v) is 3.60. The first-order chi connectivity index (χ1) is 10.6. The number of ether oxygens (including phenoxy) is 1. The molecule has 0 aliphatic heterocycles. The van der Waals surface area contributed by atoms with Crippen molar-refractivity contribution in [2.24, 2.45) is 0 Å². The van der Waals surface area contributed by atoms with Crippen LogP contribution in [0.3, 0.4) is 0 Å². The van der Waals surface area contributed by atoms with Gasteiger partial charge < -0.3 is 20.8 Å². The van der Waals surface area contributed by atoms with Crippen molar-refractivity contribution in [3.8, 4) is 5.75 Å². The van der Waals surface area contributed by atoms with Gasteiger partial charge in [-0.15, -0.1) is 0 Å². The molecule has 2 aromatic rings. The molecule has 116 valence electrons. The zero-order valence-electron chi connectivity index (χ0n) is 12.0. The summed E-state index contributed by atoms with van der Waals surface area (Å²) < 4.78 is 5.06. The van der Waals surface area contributed by atoms with E-state index in [1.165, 1.54) is 6.07 Å². The normalized spacial score (nSPS) is 10.2. The Kier molecular flexibility index (Phi) is 5.42. The number of aromatic nitrogens is 2. The molecule has 0 spiro atoms. The number of benzene rings is 1. The maximum atomic E-state index is 11.8. The standard InChI is InChI=1S/C14H16N4O3S/c1-21-10-4-2-9(3-5-10)7-16-13(20)8-22-14-17-11(15)6-12(19)18-14/h2-6H,7-8H2,1H3,(H,16,20)(H3,15,17,18,19). The lowest BCUT2D eigenvalue weighted by Gasteiger charge is -2.06. The molecule has 2 rings (SSSR count). The summed E-state index contributed by atoms with van der Waals surface area (Å²) in [6, 6.07) is 8.61. The Morgan fingerprint density at radius 3 is 2.77 bits per heavy atom. The third-order valence-electron chi connectivity index (χ3n) is 2.73. The summed E-state index contributed by atoms with van der Waals surface area (Å²) >= 11 is 1.12. The van der Waals surface area contributed by atoms with Gasteiger partial charge in [0.15, 0.2) is 5.16 Å². The molecule has 8 heteroatoms. The van der Waals surface area contributed by atoms with E-state index in [9.17, 15) is 9.59 Å². The van der Waals surface area contributed by atoms with Crippen LogP contribution in [0.4, 0.5) is 5.82 Å². The van der Waals surface area contributed by atoms with E-state index in [1.54, 1.807) is 7.11 Å². The van der Waals surface area contributed by atoms with Gasteiger partial charge in [0.05, 0.1) is 12.9 Å². The second kappa shape index (κ2) is 7.51. The topological polar surface area (TPSA) is 110 Å². The van der Waals surface area contributed by atoms with Crippen LogP contribution in [-0.2, 0) is 11.3 Å². The van der Waals surface area contributed by atoms with E-state index in [1.807, 2.05) is 24.3 Å². The minimum Gasteiger partial charge on any atom is -0.497 e. The predicted octanol–water partition coefficient (Wildman–Crippen LogP) is 0.769. The van der Waals surface area contributed by atoms with Crippen LogP contribution in [0.25, 0.3) is 0 Å². The van der Waals surface area contributed by atoms with Crippen molar-refractivity contribution in [1.29, 1.82) is 0 Å². The minimum atomic E-state index is -0.339. The number of anilines is 1. The van der Waals surface area contributed by atoms with Crippen LogP contribution < -0.4 is 21.3 Å². The smallest absolute Gasteiger partial charge is 0.253 e. The summed E-state index contributed by atoms with van der Waals surface area (Å²) in [4.78, 5) is 29.4. The second-order valence-corrected chi connectivity index (χ2v) is 5.35. The molecule has 0 unspecified atom stereocenters. The number of hydrogen-bond donors (Lipinski definition) is 3. The molecule has 0 bridgehead atoms.